The molecule has 1 N–H and O–H groups in total. The van der Waals surface area contributed by atoms with Crippen molar-refractivity contribution in [2.75, 3.05) is 0 Å². The Kier molecular flexibility index (Phi) is 4.41. The van der Waals surface area contributed by atoms with E-state index < -0.39 is 15.8 Å². The molecule has 0 radical (unpaired) electrons. The van der Waals surface area contributed by atoms with E-state index in [9.17, 15) is 12.8 Å². The van der Waals surface area contributed by atoms with Gasteiger partial charge in [0.1, 0.15) is 5.82 Å². The first-order valence-corrected chi connectivity index (χ1v) is 9.09. The monoisotopic (exact) mass is 351 g/mol. The third-order valence-corrected chi connectivity index (χ3v) is 5.49. The SMILES string of the molecule is O=S(=O)(NC1=C(c2ccc(F)c(Cl)c2)CCC1)c1ccccc1. The second-order valence-corrected chi connectivity index (χ2v) is 7.45. The molecule has 0 fully saturated rings. The van der Waals surface area contributed by atoms with Gasteiger partial charge in [-0.1, -0.05) is 35.9 Å². The van der Waals surface area contributed by atoms with Crippen LogP contribution in [0, 0.1) is 5.82 Å². The molecule has 120 valence electrons. The molecule has 2 aromatic rings. The summed E-state index contributed by atoms with van der Waals surface area (Å²) in [5, 5.41) is 0.0344. The lowest BCUT2D eigenvalue weighted by Crippen LogP contribution is -2.23. The molecule has 3 nitrogen and oxygen atoms in total. The molecule has 0 atom stereocenters. The molecule has 23 heavy (non-hydrogen) atoms. The number of benzene rings is 2. The Morgan fingerprint density at radius 1 is 1.04 bits per heavy atom. The summed E-state index contributed by atoms with van der Waals surface area (Å²) in [6.45, 7) is 0. The highest BCUT2D eigenvalue weighted by Gasteiger charge is 2.22. The van der Waals surface area contributed by atoms with Crippen molar-refractivity contribution in [1.29, 1.82) is 0 Å². The molecule has 0 saturated heterocycles. The van der Waals surface area contributed by atoms with Gasteiger partial charge in [-0.05, 0) is 54.7 Å². The molecule has 0 aliphatic heterocycles. The van der Waals surface area contributed by atoms with Gasteiger partial charge in [-0.2, -0.15) is 0 Å². The van der Waals surface area contributed by atoms with Gasteiger partial charge < -0.3 is 0 Å². The van der Waals surface area contributed by atoms with Crippen LogP contribution in [0.1, 0.15) is 24.8 Å². The molecule has 3 rings (SSSR count). The van der Waals surface area contributed by atoms with Crippen LogP contribution < -0.4 is 4.72 Å². The molecule has 6 heteroatoms. The van der Waals surface area contributed by atoms with Gasteiger partial charge in [0.15, 0.2) is 0 Å². The second kappa shape index (κ2) is 6.34. The van der Waals surface area contributed by atoms with Gasteiger partial charge in [0.05, 0.1) is 9.92 Å². The lowest BCUT2D eigenvalue weighted by molar-refractivity contribution is 0.587. The van der Waals surface area contributed by atoms with Gasteiger partial charge in [0, 0.05) is 5.70 Å². The zero-order chi connectivity index (χ0) is 16.4. The van der Waals surface area contributed by atoms with E-state index in [4.69, 9.17) is 11.6 Å². The fraction of sp³-hybridized carbons (Fsp3) is 0.176. The molecule has 0 spiro atoms. The highest BCUT2D eigenvalue weighted by Crippen LogP contribution is 2.34. The van der Waals surface area contributed by atoms with Crippen LogP contribution in [0.15, 0.2) is 59.1 Å². The van der Waals surface area contributed by atoms with E-state index in [0.717, 1.165) is 24.0 Å². The minimum absolute atomic E-state index is 0.0344. The standard InChI is InChI=1S/C17H15ClFNO2S/c18-15-11-12(9-10-16(15)19)14-7-4-8-17(14)20-23(21,22)13-5-2-1-3-6-13/h1-3,5-6,9-11,20H,4,7-8H2. The van der Waals surface area contributed by atoms with Crippen LogP contribution in [-0.2, 0) is 10.0 Å². The molecule has 0 saturated carbocycles. The summed E-state index contributed by atoms with van der Waals surface area (Å²) < 4.78 is 40.9. The Bertz CT molecular complexity index is 863. The zero-order valence-corrected chi connectivity index (χ0v) is 13.8. The fourth-order valence-electron chi connectivity index (χ4n) is 2.68. The molecule has 0 amide bonds. The molecular weight excluding hydrogens is 337 g/mol. The summed E-state index contributed by atoms with van der Waals surface area (Å²) in [6, 6.07) is 12.7. The van der Waals surface area contributed by atoms with Crippen LogP contribution >= 0.6 is 11.6 Å². The Balaban J connectivity index is 1.96. The van der Waals surface area contributed by atoms with E-state index in [1.165, 1.54) is 12.1 Å². The van der Waals surface area contributed by atoms with E-state index >= 15 is 0 Å². The maximum atomic E-state index is 13.3. The Hall–Kier alpha value is -1.85. The average Bonchev–Trinajstić information content (AvgIpc) is 2.98. The molecule has 0 bridgehead atoms. The van der Waals surface area contributed by atoms with Crippen molar-refractivity contribution in [3.05, 3.63) is 70.6 Å². The molecule has 0 aromatic heterocycles. The topological polar surface area (TPSA) is 46.2 Å². The first-order chi connectivity index (χ1) is 11.0. The number of hydrogen-bond acceptors (Lipinski definition) is 2. The number of rotatable bonds is 4. The van der Waals surface area contributed by atoms with Crippen LogP contribution in [0.3, 0.4) is 0 Å². The fourth-order valence-corrected chi connectivity index (χ4v) is 4.04. The predicted octanol–water partition coefficient (Wildman–Crippen LogP) is 4.35. The van der Waals surface area contributed by atoms with Gasteiger partial charge in [0.25, 0.3) is 10.0 Å². The van der Waals surface area contributed by atoms with Crippen LogP contribution in [0.2, 0.25) is 5.02 Å². The predicted molar refractivity (Wildman–Crippen MR) is 88.9 cm³/mol. The summed E-state index contributed by atoms with van der Waals surface area (Å²) >= 11 is 5.83. The maximum absolute atomic E-state index is 13.3. The van der Waals surface area contributed by atoms with E-state index in [-0.39, 0.29) is 9.92 Å². The Morgan fingerprint density at radius 2 is 1.78 bits per heavy atom. The van der Waals surface area contributed by atoms with E-state index in [1.54, 1.807) is 36.4 Å². The average molecular weight is 352 g/mol. The third-order valence-electron chi connectivity index (χ3n) is 3.80. The lowest BCUT2D eigenvalue weighted by Gasteiger charge is -2.12. The van der Waals surface area contributed by atoms with Crippen LogP contribution in [0.4, 0.5) is 4.39 Å². The van der Waals surface area contributed by atoms with E-state index in [1.807, 2.05) is 0 Å². The van der Waals surface area contributed by atoms with E-state index in [0.29, 0.717) is 12.1 Å². The number of hydrogen-bond donors (Lipinski definition) is 1. The zero-order valence-electron chi connectivity index (χ0n) is 12.2. The minimum atomic E-state index is -3.62. The number of allylic oxidation sites excluding steroid dienone is 2. The summed E-state index contributed by atoms with van der Waals surface area (Å²) in [4.78, 5) is 0.218. The first-order valence-electron chi connectivity index (χ1n) is 7.23. The molecule has 2 aromatic carbocycles. The summed E-state index contributed by atoms with van der Waals surface area (Å²) in [5.41, 5.74) is 2.27. The Morgan fingerprint density at radius 3 is 2.48 bits per heavy atom. The normalized spacial score (nSPS) is 15.0. The first kappa shape index (κ1) is 16.0. The van der Waals surface area contributed by atoms with Gasteiger partial charge in [-0.3, -0.25) is 4.72 Å². The number of halogens is 2. The van der Waals surface area contributed by atoms with Crippen molar-refractivity contribution in [3.63, 3.8) is 0 Å². The number of sulfonamides is 1. The van der Waals surface area contributed by atoms with Gasteiger partial charge in [0.2, 0.25) is 0 Å². The second-order valence-electron chi connectivity index (χ2n) is 5.36. The van der Waals surface area contributed by atoms with Crippen molar-refractivity contribution in [2.45, 2.75) is 24.2 Å². The summed E-state index contributed by atoms with van der Waals surface area (Å²) in [7, 11) is -3.62. The van der Waals surface area contributed by atoms with Gasteiger partial charge >= 0.3 is 0 Å². The van der Waals surface area contributed by atoms with Crippen LogP contribution in [-0.4, -0.2) is 8.42 Å². The third kappa shape index (κ3) is 3.41. The molecular formula is C17H15ClFNO2S. The molecule has 1 aliphatic rings. The van der Waals surface area contributed by atoms with Crippen molar-refractivity contribution < 1.29 is 12.8 Å². The molecule has 1 aliphatic carbocycles. The van der Waals surface area contributed by atoms with Crippen LogP contribution in [0.5, 0.6) is 0 Å². The summed E-state index contributed by atoms with van der Waals surface area (Å²) in [5.74, 6) is -0.486. The minimum Gasteiger partial charge on any atom is -0.283 e. The molecule has 0 heterocycles. The smallest absolute Gasteiger partial charge is 0.261 e. The number of nitrogens with one attached hydrogen (secondary N) is 1. The van der Waals surface area contributed by atoms with Crippen molar-refractivity contribution >= 4 is 27.2 Å². The van der Waals surface area contributed by atoms with Gasteiger partial charge in [-0.25, -0.2) is 12.8 Å². The largest absolute Gasteiger partial charge is 0.283 e. The highest BCUT2D eigenvalue weighted by molar-refractivity contribution is 7.89. The maximum Gasteiger partial charge on any atom is 0.261 e. The lowest BCUT2D eigenvalue weighted by atomic mass is 10.0. The molecule has 0 unspecified atom stereocenters. The van der Waals surface area contributed by atoms with Gasteiger partial charge in [-0.15, -0.1) is 0 Å². The van der Waals surface area contributed by atoms with Crippen molar-refractivity contribution in [3.8, 4) is 0 Å². The van der Waals surface area contributed by atoms with Crippen LogP contribution in [0.25, 0.3) is 5.57 Å². The van der Waals surface area contributed by atoms with Crippen molar-refractivity contribution in [1.82, 2.24) is 4.72 Å². The quantitative estimate of drug-likeness (QED) is 0.890. The van der Waals surface area contributed by atoms with E-state index in [2.05, 4.69) is 4.72 Å². The highest BCUT2D eigenvalue weighted by atomic mass is 35.5. The van der Waals surface area contributed by atoms with Crippen molar-refractivity contribution in [2.24, 2.45) is 0 Å². The Labute approximate surface area is 139 Å². The summed E-state index contributed by atoms with van der Waals surface area (Å²) in [6.07, 6.45) is 2.21.